The molecular weight excluding hydrogens is 364 g/mol. The summed E-state index contributed by atoms with van der Waals surface area (Å²) in [7, 11) is 3.28. The first kappa shape index (κ1) is 24.0. The van der Waals surface area contributed by atoms with Crippen molar-refractivity contribution in [2.24, 2.45) is 0 Å². The molecule has 1 heterocycles. The van der Waals surface area contributed by atoms with Gasteiger partial charge in [-0.15, -0.1) is 0 Å². The fourth-order valence-corrected chi connectivity index (χ4v) is 2.69. The van der Waals surface area contributed by atoms with Gasteiger partial charge in [-0.05, 0) is 60.9 Å². The fraction of sp³-hybridized carbons (Fsp3) is 0.320. The van der Waals surface area contributed by atoms with E-state index in [0.29, 0.717) is 0 Å². The van der Waals surface area contributed by atoms with Gasteiger partial charge < -0.3 is 13.9 Å². The summed E-state index contributed by atoms with van der Waals surface area (Å²) in [5.41, 5.74) is 3.80. The molecule has 4 heteroatoms. The Labute approximate surface area is 174 Å². The zero-order valence-electron chi connectivity index (χ0n) is 18.4. The molecule has 0 atom stereocenters. The highest BCUT2D eigenvalue weighted by Crippen LogP contribution is 2.30. The highest BCUT2D eigenvalue weighted by molar-refractivity contribution is 5.97. The summed E-state index contributed by atoms with van der Waals surface area (Å²) in [5.74, 6) is 1.59. The molecule has 0 radical (unpaired) electrons. The van der Waals surface area contributed by atoms with Crippen molar-refractivity contribution in [1.29, 1.82) is 0 Å². The minimum absolute atomic E-state index is 0.0816. The lowest BCUT2D eigenvalue weighted by molar-refractivity contribution is 0.101. The molecular formula is C25H32O4. The Hall–Kier alpha value is -3.01. The monoisotopic (exact) mass is 396 g/mol. The molecule has 0 bridgehead atoms. The largest absolute Gasteiger partial charge is 0.493 e. The van der Waals surface area contributed by atoms with Crippen LogP contribution >= 0.6 is 0 Å². The number of allylic oxidation sites excluding steroid dienone is 1. The predicted molar refractivity (Wildman–Crippen MR) is 121 cm³/mol. The number of fused-ring (bicyclic) bond motifs is 1. The van der Waals surface area contributed by atoms with Gasteiger partial charge in [-0.25, -0.2) is 0 Å². The maximum absolute atomic E-state index is 11.0. The highest BCUT2D eigenvalue weighted by Gasteiger charge is 2.06. The number of ketones is 1. The van der Waals surface area contributed by atoms with Crippen LogP contribution in [0.25, 0.3) is 16.5 Å². The van der Waals surface area contributed by atoms with Crippen LogP contribution in [0.5, 0.6) is 11.5 Å². The van der Waals surface area contributed by atoms with Crippen LogP contribution in [0, 0.1) is 0 Å². The number of methoxy groups -OCH3 is 2. The first-order valence-corrected chi connectivity index (χ1v) is 9.88. The van der Waals surface area contributed by atoms with Crippen LogP contribution in [-0.4, -0.2) is 20.0 Å². The maximum atomic E-state index is 11.0. The molecule has 0 spiro atoms. The molecule has 0 aliphatic heterocycles. The van der Waals surface area contributed by atoms with Gasteiger partial charge in [0.2, 0.25) is 0 Å². The second-order valence-electron chi connectivity index (χ2n) is 6.15. The first-order valence-electron chi connectivity index (χ1n) is 9.88. The van der Waals surface area contributed by atoms with E-state index in [-0.39, 0.29) is 5.78 Å². The average Bonchev–Trinajstić information content (AvgIpc) is 3.23. The standard InChI is InChI=1S/C13H18O2.C10H8O2.C2H6/c1-5-6-10(2)11-7-8-12(14-3)13(9-11)15-4;1-7(11)8-2-3-10-9(6-8)4-5-12-10;1-2/h7-9H,2,5-6H2,1,3-4H3;2-6H,1H3;1-2H3. The second-order valence-corrected chi connectivity index (χ2v) is 6.15. The molecule has 29 heavy (non-hydrogen) atoms. The lowest BCUT2D eigenvalue weighted by Gasteiger charge is -2.10. The number of furan rings is 1. The van der Waals surface area contributed by atoms with E-state index in [9.17, 15) is 4.79 Å². The Balaban J connectivity index is 0.000000272. The Kier molecular flexibility index (Phi) is 10.3. The quantitative estimate of drug-likeness (QED) is 0.414. The summed E-state index contributed by atoms with van der Waals surface area (Å²) in [4.78, 5) is 11.0. The van der Waals surface area contributed by atoms with Gasteiger partial charge in [0.1, 0.15) is 5.58 Å². The number of carbonyl (C=O) groups excluding carboxylic acids is 1. The van der Waals surface area contributed by atoms with Gasteiger partial charge in [0.05, 0.1) is 20.5 Å². The van der Waals surface area contributed by atoms with Crippen molar-refractivity contribution in [3.05, 3.63) is 66.4 Å². The number of ether oxygens (including phenoxy) is 2. The van der Waals surface area contributed by atoms with Crippen LogP contribution in [0.4, 0.5) is 0 Å². The summed E-state index contributed by atoms with van der Waals surface area (Å²) in [6.07, 6.45) is 3.73. The van der Waals surface area contributed by atoms with E-state index in [1.807, 2.05) is 50.2 Å². The number of rotatable bonds is 6. The maximum Gasteiger partial charge on any atom is 0.161 e. The minimum Gasteiger partial charge on any atom is -0.493 e. The summed E-state index contributed by atoms with van der Waals surface area (Å²) >= 11 is 0. The van der Waals surface area contributed by atoms with Crippen molar-refractivity contribution in [1.82, 2.24) is 0 Å². The van der Waals surface area contributed by atoms with Gasteiger partial charge in [-0.1, -0.05) is 39.8 Å². The molecule has 0 aliphatic rings. The van der Waals surface area contributed by atoms with Crippen molar-refractivity contribution in [2.75, 3.05) is 14.2 Å². The summed E-state index contributed by atoms with van der Waals surface area (Å²) in [6.45, 7) is 11.8. The van der Waals surface area contributed by atoms with Gasteiger partial charge in [0, 0.05) is 10.9 Å². The molecule has 0 N–H and O–H groups in total. The van der Waals surface area contributed by atoms with Crippen molar-refractivity contribution in [2.45, 2.75) is 40.5 Å². The number of hydrogen-bond donors (Lipinski definition) is 0. The second kappa shape index (κ2) is 12.4. The smallest absolute Gasteiger partial charge is 0.161 e. The predicted octanol–water partition coefficient (Wildman–Crippen LogP) is 7.18. The van der Waals surface area contributed by atoms with E-state index in [2.05, 4.69) is 13.5 Å². The summed E-state index contributed by atoms with van der Waals surface area (Å²) in [6, 6.07) is 13.2. The fourth-order valence-electron chi connectivity index (χ4n) is 2.69. The van der Waals surface area contributed by atoms with Crippen molar-refractivity contribution < 1.29 is 18.7 Å². The van der Waals surface area contributed by atoms with Crippen LogP contribution in [-0.2, 0) is 0 Å². The SMILES string of the molecule is C=C(CCC)c1ccc(OC)c(OC)c1.CC.CC(=O)c1ccc2occc2c1. The van der Waals surface area contributed by atoms with Crippen LogP contribution < -0.4 is 9.47 Å². The molecule has 3 rings (SSSR count). The number of carbonyl (C=O) groups is 1. The normalized spacial score (nSPS) is 9.59. The van der Waals surface area contributed by atoms with Gasteiger partial charge in [-0.2, -0.15) is 0 Å². The molecule has 2 aromatic carbocycles. The third-order valence-corrected chi connectivity index (χ3v) is 4.20. The zero-order chi connectivity index (χ0) is 21.8. The van der Waals surface area contributed by atoms with Gasteiger partial charge >= 0.3 is 0 Å². The highest BCUT2D eigenvalue weighted by atomic mass is 16.5. The Morgan fingerprint density at radius 3 is 2.21 bits per heavy atom. The minimum atomic E-state index is 0.0816. The van der Waals surface area contributed by atoms with Gasteiger partial charge in [0.25, 0.3) is 0 Å². The molecule has 1 aromatic heterocycles. The van der Waals surface area contributed by atoms with Crippen molar-refractivity contribution >= 4 is 22.3 Å². The third-order valence-electron chi connectivity index (χ3n) is 4.20. The number of benzene rings is 2. The van der Waals surface area contributed by atoms with E-state index >= 15 is 0 Å². The van der Waals surface area contributed by atoms with Crippen LogP contribution in [0.3, 0.4) is 0 Å². The average molecular weight is 397 g/mol. The Morgan fingerprint density at radius 2 is 1.62 bits per heavy atom. The number of hydrogen-bond acceptors (Lipinski definition) is 4. The van der Waals surface area contributed by atoms with Crippen LogP contribution in [0.1, 0.15) is 56.5 Å². The lowest BCUT2D eigenvalue weighted by Crippen LogP contribution is -1.92. The molecule has 0 aliphatic carbocycles. The van der Waals surface area contributed by atoms with E-state index in [0.717, 1.165) is 52.0 Å². The van der Waals surface area contributed by atoms with Crippen molar-refractivity contribution in [3.8, 4) is 11.5 Å². The molecule has 156 valence electrons. The molecule has 4 nitrogen and oxygen atoms in total. The van der Waals surface area contributed by atoms with E-state index in [1.54, 1.807) is 33.5 Å². The van der Waals surface area contributed by atoms with Crippen molar-refractivity contribution in [3.63, 3.8) is 0 Å². The summed E-state index contributed by atoms with van der Waals surface area (Å²) < 4.78 is 15.6. The van der Waals surface area contributed by atoms with E-state index < -0.39 is 0 Å². The molecule has 0 amide bonds. The van der Waals surface area contributed by atoms with Crippen LogP contribution in [0.2, 0.25) is 0 Å². The molecule has 3 aromatic rings. The molecule has 0 saturated heterocycles. The van der Waals surface area contributed by atoms with E-state index in [4.69, 9.17) is 13.9 Å². The van der Waals surface area contributed by atoms with E-state index in [1.165, 1.54) is 0 Å². The zero-order valence-corrected chi connectivity index (χ0v) is 18.4. The Morgan fingerprint density at radius 1 is 0.966 bits per heavy atom. The molecule has 0 saturated carbocycles. The Bertz CT molecular complexity index is 921. The third kappa shape index (κ3) is 6.83. The van der Waals surface area contributed by atoms with Gasteiger partial charge in [-0.3, -0.25) is 4.79 Å². The van der Waals surface area contributed by atoms with Crippen LogP contribution in [0.15, 0.2) is 59.7 Å². The first-order chi connectivity index (χ1) is 14.0. The topological polar surface area (TPSA) is 48.7 Å². The van der Waals surface area contributed by atoms with Gasteiger partial charge in [0.15, 0.2) is 17.3 Å². The number of Topliss-reactive ketones (excluding diaryl/α,β-unsaturated/α-hetero) is 1. The molecule has 0 fully saturated rings. The lowest BCUT2D eigenvalue weighted by atomic mass is 10.0. The summed E-state index contributed by atoms with van der Waals surface area (Å²) in [5, 5.41) is 0.975. The molecule has 0 unspecified atom stereocenters.